The molecule has 0 aliphatic heterocycles. The third-order valence-corrected chi connectivity index (χ3v) is 9.40. The number of carbonyl (C=O) groups excluding carboxylic acids is 1. The number of H-pyrrole nitrogens is 1. The van der Waals surface area contributed by atoms with Crippen molar-refractivity contribution in [1.29, 1.82) is 0 Å². The maximum Gasteiger partial charge on any atom is 0.398 e. The van der Waals surface area contributed by atoms with Gasteiger partial charge in [-0.1, -0.05) is 23.2 Å². The number of rotatable bonds is 10. The molecule has 0 saturated heterocycles. The molecule has 2 N–H and O–H groups in total. The molecule has 0 atom stereocenters. The van der Waals surface area contributed by atoms with Crippen LogP contribution in [0.1, 0.15) is 37.8 Å². The van der Waals surface area contributed by atoms with E-state index in [9.17, 15) is 31.6 Å². The number of alkyl halides is 2. The number of aromatic amines is 1. The lowest BCUT2D eigenvalue weighted by atomic mass is 9.80. The van der Waals surface area contributed by atoms with Crippen LogP contribution in [0, 0.1) is 5.92 Å². The summed E-state index contributed by atoms with van der Waals surface area (Å²) < 4.78 is 65.9. The minimum atomic E-state index is -4.22. The van der Waals surface area contributed by atoms with Gasteiger partial charge >= 0.3 is 15.7 Å². The van der Waals surface area contributed by atoms with Crippen LogP contribution in [-0.4, -0.2) is 59.0 Å². The number of benzene rings is 2. The summed E-state index contributed by atoms with van der Waals surface area (Å²) in [6.45, 7) is 3.73. The fourth-order valence-corrected chi connectivity index (χ4v) is 6.48. The molecule has 0 unspecified atom stereocenters. The first-order valence-electron chi connectivity index (χ1n) is 12.8. The zero-order valence-electron chi connectivity index (χ0n) is 22.4. The van der Waals surface area contributed by atoms with Gasteiger partial charge < -0.3 is 14.8 Å². The number of nitrogens with one attached hydrogen (secondary N) is 2. The van der Waals surface area contributed by atoms with Gasteiger partial charge in [0.2, 0.25) is 5.91 Å². The topological polar surface area (TPSA) is 152 Å². The van der Waals surface area contributed by atoms with E-state index in [0.29, 0.717) is 17.5 Å². The van der Waals surface area contributed by atoms with Gasteiger partial charge in [0, 0.05) is 24.9 Å². The summed E-state index contributed by atoms with van der Waals surface area (Å²) in [5.74, 6) is -0.540. The SMILES string of the molecule is C=[N+]([C@H]1C[C@H](C(=O)NC2CC2)C1)S(=O)(=O)c1cc(Oc2c(Cl)cc(-n3nc(C(F)F)c(=O)[nH]c3=O)cc2Cl)ccc1OC. The van der Waals surface area contributed by atoms with Gasteiger partial charge in [-0.15, -0.1) is 3.98 Å². The smallest absolute Gasteiger partial charge is 0.398 e. The zero-order valence-corrected chi connectivity index (χ0v) is 24.7. The number of aromatic nitrogens is 3. The first kappa shape index (κ1) is 30.6. The lowest BCUT2D eigenvalue weighted by Gasteiger charge is -2.30. The van der Waals surface area contributed by atoms with Crippen LogP contribution in [0.25, 0.3) is 5.69 Å². The largest absolute Gasteiger partial charge is 0.495 e. The monoisotopic (exact) mass is 658 g/mol. The third kappa shape index (κ3) is 6.15. The Labute approximate surface area is 252 Å². The van der Waals surface area contributed by atoms with Crippen LogP contribution in [0.15, 0.2) is 44.8 Å². The molecule has 2 aromatic carbocycles. The Morgan fingerprint density at radius 1 is 1.19 bits per heavy atom. The van der Waals surface area contributed by atoms with Crippen molar-refractivity contribution >= 4 is 45.8 Å². The van der Waals surface area contributed by atoms with Gasteiger partial charge in [0.15, 0.2) is 22.4 Å². The van der Waals surface area contributed by atoms with Gasteiger partial charge in [0.25, 0.3) is 12.0 Å². The number of ether oxygens (including phenoxy) is 2. The fourth-order valence-electron chi connectivity index (χ4n) is 4.44. The molecule has 2 saturated carbocycles. The Kier molecular flexibility index (Phi) is 8.33. The van der Waals surface area contributed by atoms with Crippen molar-refractivity contribution < 1.29 is 35.4 Å². The molecule has 2 aliphatic rings. The van der Waals surface area contributed by atoms with E-state index in [1.165, 1.54) is 25.3 Å². The first-order valence-corrected chi connectivity index (χ1v) is 15.0. The predicted molar refractivity (Wildman–Crippen MR) is 151 cm³/mol. The molecule has 0 spiro atoms. The normalized spacial score (nSPS) is 18.2. The van der Waals surface area contributed by atoms with Gasteiger partial charge in [0.1, 0.15) is 18.2 Å². The molecule has 12 nitrogen and oxygen atoms in total. The molecule has 43 heavy (non-hydrogen) atoms. The van der Waals surface area contributed by atoms with Crippen molar-refractivity contribution in [3.8, 4) is 22.9 Å². The van der Waals surface area contributed by atoms with E-state index in [-0.39, 0.29) is 55.7 Å². The Morgan fingerprint density at radius 2 is 1.84 bits per heavy atom. The maximum atomic E-state index is 13.5. The molecule has 2 aliphatic carbocycles. The molecule has 1 heterocycles. The van der Waals surface area contributed by atoms with Crippen LogP contribution < -0.4 is 26.0 Å². The van der Waals surface area contributed by atoms with Gasteiger partial charge in [-0.25, -0.2) is 13.6 Å². The highest BCUT2D eigenvalue weighted by Gasteiger charge is 2.47. The van der Waals surface area contributed by atoms with E-state index in [1.54, 1.807) is 4.98 Å². The number of amides is 1. The highest BCUT2D eigenvalue weighted by Crippen LogP contribution is 2.41. The zero-order chi connectivity index (χ0) is 31.2. The molecular formula is C26H24Cl2F2N5O7S+. The summed E-state index contributed by atoms with van der Waals surface area (Å²) in [7, 11) is -2.92. The highest BCUT2D eigenvalue weighted by atomic mass is 35.5. The lowest BCUT2D eigenvalue weighted by Crippen LogP contribution is -2.47. The predicted octanol–water partition coefficient (Wildman–Crippen LogP) is 3.43. The first-order chi connectivity index (χ1) is 20.3. The van der Waals surface area contributed by atoms with E-state index in [4.69, 9.17) is 32.7 Å². The minimum Gasteiger partial charge on any atom is -0.495 e. The summed E-state index contributed by atoms with van der Waals surface area (Å²) >= 11 is 12.7. The van der Waals surface area contributed by atoms with E-state index < -0.39 is 39.4 Å². The molecule has 0 bridgehead atoms. The molecule has 2 fully saturated rings. The molecule has 5 rings (SSSR count). The number of nitrogens with zero attached hydrogens (tertiary/aromatic N) is 3. The molecule has 1 aromatic heterocycles. The number of hydrogen-bond donors (Lipinski definition) is 2. The van der Waals surface area contributed by atoms with Crippen molar-refractivity contribution in [3.63, 3.8) is 0 Å². The van der Waals surface area contributed by atoms with E-state index in [2.05, 4.69) is 17.1 Å². The molecule has 0 radical (unpaired) electrons. The standard InChI is InChI=1S/C26H23Cl2F2N5O7S/c1-34(14-7-12(8-14)24(36)31-13-3-4-13)43(39,40)20-11-16(5-6-19(20)41-2)42-22-17(27)9-15(10-18(22)28)35-26(38)32-25(37)21(33-35)23(29)30/h5-6,9-14,23H,1,3-4,7-8H2,2H3,(H-,31,32,36,37,38)/p+1/t12-,14-. The number of sulfonamides is 1. The number of methoxy groups -OCH3 is 1. The summed E-state index contributed by atoms with van der Waals surface area (Å²) in [4.78, 5) is 37.6. The average Bonchev–Trinajstić information content (AvgIpc) is 3.73. The molecule has 228 valence electrons. The molecule has 17 heteroatoms. The van der Waals surface area contributed by atoms with Crippen LogP contribution in [0.5, 0.6) is 17.2 Å². The second-order valence-corrected chi connectivity index (χ2v) is 12.7. The second-order valence-electron chi connectivity index (χ2n) is 10.0. The Hall–Kier alpha value is -3.82. The third-order valence-electron chi connectivity index (χ3n) is 7.04. The maximum absolute atomic E-state index is 13.5. The van der Waals surface area contributed by atoms with Crippen LogP contribution in [0.4, 0.5) is 8.78 Å². The van der Waals surface area contributed by atoms with E-state index in [1.807, 2.05) is 0 Å². The summed E-state index contributed by atoms with van der Waals surface area (Å²) in [6.07, 6.45) is -0.709. The second kappa shape index (κ2) is 11.7. The van der Waals surface area contributed by atoms with Gasteiger partial charge in [-0.05, 0) is 37.1 Å². The summed E-state index contributed by atoms with van der Waals surface area (Å²) in [6, 6.07) is 5.92. The Morgan fingerprint density at radius 3 is 2.42 bits per heavy atom. The summed E-state index contributed by atoms with van der Waals surface area (Å²) in [5, 5.41) is 5.94. The van der Waals surface area contributed by atoms with Crippen LogP contribution in [0.3, 0.4) is 0 Å². The van der Waals surface area contributed by atoms with Crippen LogP contribution in [0.2, 0.25) is 10.0 Å². The fraction of sp³-hybridized carbons (Fsp3) is 0.346. The Bertz CT molecular complexity index is 1830. The van der Waals surface area contributed by atoms with Gasteiger partial charge in [-0.3, -0.25) is 14.6 Å². The minimum absolute atomic E-state index is 0.00856. The lowest BCUT2D eigenvalue weighted by molar-refractivity contribution is -0.429. The number of hydrogen-bond acceptors (Lipinski definition) is 8. The van der Waals surface area contributed by atoms with Crippen molar-refractivity contribution in [1.82, 2.24) is 20.1 Å². The van der Waals surface area contributed by atoms with E-state index >= 15 is 0 Å². The highest BCUT2D eigenvalue weighted by molar-refractivity contribution is 7.85. The van der Waals surface area contributed by atoms with Crippen molar-refractivity contribution in [3.05, 3.63) is 66.9 Å². The molecule has 1 amide bonds. The quantitative estimate of drug-likeness (QED) is 0.248. The summed E-state index contributed by atoms with van der Waals surface area (Å²) in [5.41, 5.74) is -3.78. The molecular weight excluding hydrogens is 635 g/mol. The van der Waals surface area contributed by atoms with Crippen LogP contribution in [-0.2, 0) is 14.8 Å². The average molecular weight is 659 g/mol. The van der Waals surface area contributed by atoms with Crippen molar-refractivity contribution in [2.45, 2.75) is 49.1 Å². The van der Waals surface area contributed by atoms with E-state index in [0.717, 1.165) is 29.0 Å². The van der Waals surface area contributed by atoms with Crippen molar-refractivity contribution in [2.75, 3.05) is 7.11 Å². The number of halogens is 4. The Balaban J connectivity index is 1.39. The van der Waals surface area contributed by atoms with Crippen LogP contribution >= 0.6 is 23.2 Å². The van der Waals surface area contributed by atoms with Gasteiger partial charge in [0.05, 0.1) is 28.8 Å². The number of carbonyl (C=O) groups is 1. The van der Waals surface area contributed by atoms with Crippen molar-refractivity contribution in [2.24, 2.45) is 5.92 Å². The molecule has 3 aromatic rings. The van der Waals surface area contributed by atoms with Gasteiger partial charge in [-0.2, -0.15) is 18.2 Å².